The maximum atomic E-state index is 13.9. The summed E-state index contributed by atoms with van der Waals surface area (Å²) in [6.45, 7) is 7.39. The molecule has 0 saturated heterocycles. The first kappa shape index (κ1) is 30.5. The second-order valence-corrected chi connectivity index (χ2v) is 12.4. The van der Waals surface area contributed by atoms with Crippen molar-refractivity contribution in [3.8, 4) is 0 Å². The zero-order valence-electron chi connectivity index (χ0n) is 22.4. The molecule has 0 saturated carbocycles. The molecule has 0 aliphatic carbocycles. The quantitative estimate of drug-likeness (QED) is 0.311. The summed E-state index contributed by atoms with van der Waals surface area (Å²) in [5.74, 6) is -0.679. The van der Waals surface area contributed by atoms with Gasteiger partial charge >= 0.3 is 0 Å². The third-order valence-electron chi connectivity index (χ3n) is 6.15. The van der Waals surface area contributed by atoms with E-state index in [4.69, 9.17) is 23.2 Å². The monoisotopic (exact) mass is 589 g/mol. The molecule has 10 heteroatoms. The van der Waals surface area contributed by atoms with Crippen LogP contribution < -0.4 is 9.62 Å². The fourth-order valence-corrected chi connectivity index (χ4v) is 5.55. The van der Waals surface area contributed by atoms with Crippen LogP contribution in [0.15, 0.2) is 77.7 Å². The number of benzene rings is 3. The minimum absolute atomic E-state index is 0.0133. The molecule has 0 heterocycles. The first-order valence-electron chi connectivity index (χ1n) is 12.6. The van der Waals surface area contributed by atoms with Crippen LogP contribution in [0.4, 0.5) is 5.69 Å². The lowest BCUT2D eigenvalue weighted by Gasteiger charge is -2.32. The van der Waals surface area contributed by atoms with E-state index < -0.39 is 28.5 Å². The summed E-state index contributed by atoms with van der Waals surface area (Å²) in [6, 6.07) is 18.7. The molecule has 0 aliphatic rings. The number of sulfonamides is 1. The first-order valence-corrected chi connectivity index (χ1v) is 14.7. The number of hydrogen-bond donors (Lipinski definition) is 1. The summed E-state index contributed by atoms with van der Waals surface area (Å²) in [4.78, 5) is 28.3. The smallest absolute Gasteiger partial charge is 0.264 e. The number of nitrogens with zero attached hydrogens (tertiary/aromatic N) is 2. The third kappa shape index (κ3) is 7.97. The fraction of sp³-hybridized carbons (Fsp3) is 0.310. The van der Waals surface area contributed by atoms with Gasteiger partial charge in [-0.05, 0) is 67.8 Å². The predicted molar refractivity (Wildman–Crippen MR) is 156 cm³/mol. The van der Waals surface area contributed by atoms with Crippen molar-refractivity contribution in [2.45, 2.75) is 45.2 Å². The van der Waals surface area contributed by atoms with Gasteiger partial charge in [0.15, 0.2) is 0 Å². The van der Waals surface area contributed by atoms with Crippen LogP contribution in [0.25, 0.3) is 0 Å². The molecule has 1 N–H and O–H groups in total. The molecule has 0 bridgehead atoms. The average molecular weight is 591 g/mol. The number of aryl methyl sites for hydroxylation is 1. The molecule has 0 fully saturated rings. The Morgan fingerprint density at radius 3 is 2.10 bits per heavy atom. The Bertz CT molecular complexity index is 1390. The van der Waals surface area contributed by atoms with Gasteiger partial charge in [-0.15, -0.1) is 0 Å². The van der Waals surface area contributed by atoms with Crippen LogP contribution in [0.2, 0.25) is 10.0 Å². The molecule has 0 aliphatic heterocycles. The van der Waals surface area contributed by atoms with E-state index >= 15 is 0 Å². The number of anilines is 1. The van der Waals surface area contributed by atoms with Gasteiger partial charge < -0.3 is 10.2 Å². The fourth-order valence-electron chi connectivity index (χ4n) is 3.82. The van der Waals surface area contributed by atoms with Gasteiger partial charge in [0, 0.05) is 23.1 Å². The van der Waals surface area contributed by atoms with E-state index in [0.29, 0.717) is 27.8 Å². The van der Waals surface area contributed by atoms with Crippen LogP contribution in [0.1, 0.15) is 31.9 Å². The summed E-state index contributed by atoms with van der Waals surface area (Å²) < 4.78 is 28.6. The van der Waals surface area contributed by atoms with Gasteiger partial charge in [0.25, 0.3) is 10.0 Å². The Morgan fingerprint density at radius 1 is 0.897 bits per heavy atom. The van der Waals surface area contributed by atoms with Crippen LogP contribution in [0.5, 0.6) is 0 Å². The highest BCUT2D eigenvalue weighted by atomic mass is 35.5. The van der Waals surface area contributed by atoms with Gasteiger partial charge in [-0.2, -0.15) is 0 Å². The molecule has 0 aromatic heterocycles. The summed E-state index contributed by atoms with van der Waals surface area (Å²) in [7, 11) is -4.16. The number of amides is 2. The number of carbonyl (C=O) groups is 2. The van der Waals surface area contributed by atoms with Crippen LogP contribution in [-0.2, 0) is 26.2 Å². The Kier molecular flexibility index (Phi) is 10.4. The highest BCUT2D eigenvalue weighted by Gasteiger charge is 2.32. The van der Waals surface area contributed by atoms with Crippen molar-refractivity contribution in [1.29, 1.82) is 0 Å². The molecule has 39 heavy (non-hydrogen) atoms. The van der Waals surface area contributed by atoms with Crippen molar-refractivity contribution in [1.82, 2.24) is 10.2 Å². The van der Waals surface area contributed by atoms with Gasteiger partial charge in [-0.3, -0.25) is 13.9 Å². The van der Waals surface area contributed by atoms with Crippen molar-refractivity contribution in [2.75, 3.05) is 17.4 Å². The van der Waals surface area contributed by atoms with E-state index in [0.717, 1.165) is 9.87 Å². The average Bonchev–Trinajstić information content (AvgIpc) is 2.90. The Balaban J connectivity index is 2.01. The van der Waals surface area contributed by atoms with Crippen molar-refractivity contribution < 1.29 is 18.0 Å². The topological polar surface area (TPSA) is 86.8 Å². The number of carbonyl (C=O) groups excluding carboxylic acids is 2. The van der Waals surface area contributed by atoms with E-state index in [2.05, 4.69) is 5.32 Å². The van der Waals surface area contributed by atoms with Crippen LogP contribution in [-0.4, -0.2) is 44.3 Å². The largest absolute Gasteiger partial charge is 0.354 e. The molecule has 1 atom stereocenters. The van der Waals surface area contributed by atoms with Crippen molar-refractivity contribution in [3.63, 3.8) is 0 Å². The van der Waals surface area contributed by atoms with E-state index in [1.165, 1.54) is 29.2 Å². The molecule has 2 amide bonds. The predicted octanol–water partition coefficient (Wildman–Crippen LogP) is 5.69. The maximum absolute atomic E-state index is 13.9. The lowest BCUT2D eigenvalue weighted by molar-refractivity contribution is -0.139. The standard InChI is InChI=1S/C29H33Cl2N3O4S/c1-20(2)17-32-29(36)22(4)33(18-23-7-5-6-8-27(23)31)28(35)19-34(25-13-9-21(3)10-14-25)39(37,38)26-15-11-24(30)12-16-26/h5-16,20,22H,17-19H2,1-4H3,(H,32,36)/t22-/m0/s1. The van der Waals surface area contributed by atoms with Crippen molar-refractivity contribution >= 4 is 50.7 Å². The molecule has 3 aromatic carbocycles. The van der Waals surface area contributed by atoms with Crippen molar-refractivity contribution in [2.24, 2.45) is 5.92 Å². The molecule has 0 unspecified atom stereocenters. The summed E-state index contributed by atoms with van der Waals surface area (Å²) in [5.41, 5.74) is 1.89. The van der Waals surface area contributed by atoms with E-state index in [1.807, 2.05) is 20.8 Å². The highest BCUT2D eigenvalue weighted by Crippen LogP contribution is 2.26. The Labute approximate surface area is 240 Å². The second kappa shape index (κ2) is 13.3. The summed E-state index contributed by atoms with van der Waals surface area (Å²) >= 11 is 12.4. The molecule has 7 nitrogen and oxygen atoms in total. The number of halogens is 2. The number of rotatable bonds is 11. The zero-order valence-corrected chi connectivity index (χ0v) is 24.7. The molecule has 0 radical (unpaired) electrons. The Morgan fingerprint density at radius 2 is 1.51 bits per heavy atom. The molecular formula is C29H33Cl2N3O4S. The zero-order chi connectivity index (χ0) is 28.7. The summed E-state index contributed by atoms with van der Waals surface area (Å²) in [6.07, 6.45) is 0. The lowest BCUT2D eigenvalue weighted by Crippen LogP contribution is -2.51. The Hall–Kier alpha value is -3.07. The molecular weight excluding hydrogens is 557 g/mol. The first-order chi connectivity index (χ1) is 18.4. The summed E-state index contributed by atoms with van der Waals surface area (Å²) in [5, 5.41) is 3.69. The minimum Gasteiger partial charge on any atom is -0.354 e. The van der Waals surface area contributed by atoms with Crippen molar-refractivity contribution in [3.05, 3.63) is 94.0 Å². The molecule has 3 aromatic rings. The van der Waals surface area contributed by atoms with Gasteiger partial charge in [0.05, 0.1) is 10.6 Å². The van der Waals surface area contributed by atoms with Crippen LogP contribution in [0.3, 0.4) is 0 Å². The van der Waals surface area contributed by atoms with E-state index in [-0.39, 0.29) is 23.3 Å². The second-order valence-electron chi connectivity index (χ2n) is 9.73. The highest BCUT2D eigenvalue weighted by molar-refractivity contribution is 7.92. The van der Waals surface area contributed by atoms with Gasteiger partial charge in [0.1, 0.15) is 12.6 Å². The van der Waals surface area contributed by atoms with E-state index in [9.17, 15) is 18.0 Å². The number of hydrogen-bond acceptors (Lipinski definition) is 4. The van der Waals surface area contributed by atoms with Crippen LogP contribution in [0, 0.1) is 12.8 Å². The number of nitrogens with one attached hydrogen (secondary N) is 1. The van der Waals surface area contributed by atoms with Gasteiger partial charge in [-0.25, -0.2) is 8.42 Å². The SMILES string of the molecule is Cc1ccc(N(CC(=O)N(Cc2ccccc2Cl)[C@@H](C)C(=O)NCC(C)C)S(=O)(=O)c2ccc(Cl)cc2)cc1. The minimum atomic E-state index is -4.16. The van der Waals surface area contributed by atoms with E-state index in [1.54, 1.807) is 55.5 Å². The lowest BCUT2D eigenvalue weighted by atomic mass is 10.1. The van der Waals surface area contributed by atoms with Gasteiger partial charge in [-0.1, -0.05) is 72.9 Å². The normalized spacial score (nSPS) is 12.2. The van der Waals surface area contributed by atoms with Gasteiger partial charge in [0.2, 0.25) is 11.8 Å². The molecule has 208 valence electrons. The third-order valence-corrected chi connectivity index (χ3v) is 8.56. The maximum Gasteiger partial charge on any atom is 0.264 e. The molecule has 0 spiro atoms. The van der Waals surface area contributed by atoms with Crippen LogP contribution >= 0.6 is 23.2 Å². The molecule has 3 rings (SSSR count).